The van der Waals surface area contributed by atoms with Gasteiger partial charge in [-0.2, -0.15) is 0 Å². The third-order valence-electron chi connectivity index (χ3n) is 5.09. The first kappa shape index (κ1) is 17.0. The molecule has 24 heavy (non-hydrogen) atoms. The molecular weight excluding hydrogens is 302 g/mol. The van der Waals surface area contributed by atoms with Crippen molar-refractivity contribution in [3.05, 3.63) is 34.7 Å². The minimum absolute atomic E-state index is 0.00261. The second-order valence-electron chi connectivity index (χ2n) is 7.11. The second-order valence-corrected chi connectivity index (χ2v) is 7.11. The van der Waals surface area contributed by atoms with Gasteiger partial charge in [0.15, 0.2) is 0 Å². The number of aromatic amines is 1. The maximum atomic E-state index is 12.3. The molecule has 5 nitrogen and oxygen atoms in total. The molecule has 1 aromatic carbocycles. The minimum Gasteiger partial charge on any atom is -0.306 e. The average molecular weight is 329 g/mol. The molecule has 2 heterocycles. The van der Waals surface area contributed by atoms with E-state index in [9.17, 15) is 9.59 Å². The summed E-state index contributed by atoms with van der Waals surface area (Å²) in [5.41, 5.74) is 1.91. The summed E-state index contributed by atoms with van der Waals surface area (Å²) in [5, 5.41) is 0. The Kier molecular flexibility index (Phi) is 5.19. The van der Waals surface area contributed by atoms with Gasteiger partial charge in [-0.25, -0.2) is 4.79 Å². The summed E-state index contributed by atoms with van der Waals surface area (Å²) >= 11 is 0. The Morgan fingerprint density at radius 3 is 2.67 bits per heavy atom. The number of para-hydroxylation sites is 2. The van der Waals surface area contributed by atoms with Crippen LogP contribution in [0.4, 0.5) is 0 Å². The number of carbonyl (C=O) groups excluding carboxylic acids is 1. The number of aromatic nitrogens is 2. The molecule has 0 spiro atoms. The molecule has 5 heteroatoms. The monoisotopic (exact) mass is 329 g/mol. The molecule has 0 unspecified atom stereocenters. The number of H-pyrrole nitrogens is 1. The van der Waals surface area contributed by atoms with Gasteiger partial charge in [0.2, 0.25) is 0 Å². The molecule has 1 aromatic heterocycles. The molecule has 0 bridgehead atoms. The van der Waals surface area contributed by atoms with E-state index in [2.05, 4.69) is 9.88 Å². The molecule has 1 N–H and O–H groups in total. The van der Waals surface area contributed by atoms with Crippen molar-refractivity contribution in [2.24, 2.45) is 5.92 Å². The number of hydrogen-bond donors (Lipinski definition) is 1. The average Bonchev–Trinajstić information content (AvgIpc) is 2.91. The van der Waals surface area contributed by atoms with Crippen molar-refractivity contribution in [2.45, 2.75) is 45.6 Å². The van der Waals surface area contributed by atoms with E-state index in [-0.39, 0.29) is 17.6 Å². The van der Waals surface area contributed by atoms with Crippen LogP contribution in [0.2, 0.25) is 0 Å². The SMILES string of the molecule is CC(C)C(=O)CCCN1CCC(n2c(=O)[nH]c3ccccc32)CC1. The van der Waals surface area contributed by atoms with Crippen molar-refractivity contribution >= 4 is 16.8 Å². The highest BCUT2D eigenvalue weighted by Gasteiger charge is 2.23. The van der Waals surface area contributed by atoms with E-state index in [1.54, 1.807) is 0 Å². The molecule has 0 atom stereocenters. The Labute approximate surface area is 142 Å². The predicted octanol–water partition coefficient (Wildman–Crippen LogP) is 2.97. The summed E-state index contributed by atoms with van der Waals surface area (Å²) in [5.74, 6) is 0.500. The Hall–Kier alpha value is -1.88. The first-order chi connectivity index (χ1) is 11.6. The summed E-state index contributed by atoms with van der Waals surface area (Å²) in [4.78, 5) is 29.4. The number of carbonyl (C=O) groups is 1. The second kappa shape index (κ2) is 7.34. The smallest absolute Gasteiger partial charge is 0.306 e. The van der Waals surface area contributed by atoms with Gasteiger partial charge >= 0.3 is 5.69 Å². The number of fused-ring (bicyclic) bond motifs is 1. The van der Waals surface area contributed by atoms with Crippen LogP contribution >= 0.6 is 0 Å². The van der Waals surface area contributed by atoms with Crippen LogP contribution in [-0.2, 0) is 4.79 Å². The number of ketones is 1. The molecule has 1 saturated heterocycles. The molecule has 1 aliphatic rings. The van der Waals surface area contributed by atoms with Gasteiger partial charge in [-0.05, 0) is 37.9 Å². The van der Waals surface area contributed by atoms with Crippen LogP contribution in [0.1, 0.15) is 45.6 Å². The van der Waals surface area contributed by atoms with Gasteiger partial charge in [0.1, 0.15) is 5.78 Å². The summed E-state index contributed by atoms with van der Waals surface area (Å²) in [6.07, 6.45) is 3.59. The highest BCUT2D eigenvalue weighted by Crippen LogP contribution is 2.24. The Balaban J connectivity index is 1.56. The molecule has 0 aliphatic carbocycles. The normalized spacial score (nSPS) is 17.0. The fourth-order valence-electron chi connectivity index (χ4n) is 3.60. The van der Waals surface area contributed by atoms with Crippen LogP contribution in [0.3, 0.4) is 0 Å². The summed E-state index contributed by atoms with van der Waals surface area (Å²) in [6.45, 7) is 6.90. The summed E-state index contributed by atoms with van der Waals surface area (Å²) in [6, 6.07) is 8.16. The van der Waals surface area contributed by atoms with Crippen LogP contribution in [0, 0.1) is 5.92 Å². The summed E-state index contributed by atoms with van der Waals surface area (Å²) in [7, 11) is 0. The number of nitrogens with one attached hydrogen (secondary N) is 1. The lowest BCUT2D eigenvalue weighted by molar-refractivity contribution is -0.122. The number of benzene rings is 1. The van der Waals surface area contributed by atoms with Crippen molar-refractivity contribution in [3.8, 4) is 0 Å². The number of rotatable bonds is 6. The third-order valence-corrected chi connectivity index (χ3v) is 5.09. The van der Waals surface area contributed by atoms with Crippen LogP contribution in [0.5, 0.6) is 0 Å². The van der Waals surface area contributed by atoms with Crippen molar-refractivity contribution in [2.75, 3.05) is 19.6 Å². The van der Waals surface area contributed by atoms with E-state index in [1.807, 2.05) is 42.7 Å². The molecule has 1 aliphatic heterocycles. The van der Waals surface area contributed by atoms with E-state index in [0.29, 0.717) is 12.2 Å². The fraction of sp³-hybridized carbons (Fsp3) is 0.579. The van der Waals surface area contributed by atoms with Gasteiger partial charge in [0.25, 0.3) is 0 Å². The lowest BCUT2D eigenvalue weighted by Gasteiger charge is -2.32. The zero-order valence-electron chi connectivity index (χ0n) is 14.6. The topological polar surface area (TPSA) is 58.1 Å². The third kappa shape index (κ3) is 3.61. The van der Waals surface area contributed by atoms with Gasteiger partial charge in [-0.3, -0.25) is 9.36 Å². The quantitative estimate of drug-likeness (QED) is 0.886. The van der Waals surface area contributed by atoms with E-state index in [0.717, 1.165) is 49.9 Å². The van der Waals surface area contributed by atoms with Gasteiger partial charge in [0.05, 0.1) is 11.0 Å². The first-order valence-corrected chi connectivity index (χ1v) is 9.00. The molecular formula is C19H27N3O2. The number of likely N-dealkylation sites (tertiary alicyclic amines) is 1. The van der Waals surface area contributed by atoms with Crippen LogP contribution < -0.4 is 5.69 Å². The minimum atomic E-state index is -0.00261. The van der Waals surface area contributed by atoms with E-state index in [1.165, 1.54) is 0 Å². The predicted molar refractivity (Wildman–Crippen MR) is 96.3 cm³/mol. The number of imidazole rings is 1. The molecule has 0 saturated carbocycles. The van der Waals surface area contributed by atoms with Crippen molar-refractivity contribution < 1.29 is 4.79 Å². The maximum absolute atomic E-state index is 12.3. The van der Waals surface area contributed by atoms with Crippen molar-refractivity contribution in [1.82, 2.24) is 14.5 Å². The number of hydrogen-bond acceptors (Lipinski definition) is 3. The molecule has 0 radical (unpaired) electrons. The van der Waals surface area contributed by atoms with E-state index in [4.69, 9.17) is 0 Å². The molecule has 1 fully saturated rings. The maximum Gasteiger partial charge on any atom is 0.326 e. The number of Topliss-reactive ketones (excluding diaryl/α,β-unsaturated/α-hetero) is 1. The van der Waals surface area contributed by atoms with Crippen LogP contribution in [-0.4, -0.2) is 39.9 Å². The number of nitrogens with zero attached hydrogens (tertiary/aromatic N) is 2. The largest absolute Gasteiger partial charge is 0.326 e. The van der Waals surface area contributed by atoms with Gasteiger partial charge in [-0.15, -0.1) is 0 Å². The van der Waals surface area contributed by atoms with E-state index < -0.39 is 0 Å². The molecule has 130 valence electrons. The van der Waals surface area contributed by atoms with Gasteiger partial charge in [0, 0.05) is 31.5 Å². The molecule has 0 amide bonds. The lowest BCUT2D eigenvalue weighted by atomic mass is 10.0. The van der Waals surface area contributed by atoms with Crippen LogP contribution in [0.15, 0.2) is 29.1 Å². The highest BCUT2D eigenvalue weighted by molar-refractivity contribution is 5.80. The van der Waals surface area contributed by atoms with Crippen LogP contribution in [0.25, 0.3) is 11.0 Å². The number of piperidine rings is 1. The highest BCUT2D eigenvalue weighted by atomic mass is 16.1. The Morgan fingerprint density at radius 1 is 1.25 bits per heavy atom. The van der Waals surface area contributed by atoms with Gasteiger partial charge in [-0.1, -0.05) is 26.0 Å². The zero-order chi connectivity index (χ0) is 17.1. The molecule has 2 aromatic rings. The summed E-state index contributed by atoms with van der Waals surface area (Å²) < 4.78 is 1.93. The standard InChI is InChI=1S/C19H27N3O2/c1-14(2)18(23)8-5-11-21-12-9-15(10-13-21)22-17-7-4-3-6-16(17)20-19(22)24/h3-4,6-7,14-15H,5,8-13H2,1-2H3,(H,20,24). The zero-order valence-corrected chi connectivity index (χ0v) is 14.6. The van der Waals surface area contributed by atoms with Crippen molar-refractivity contribution in [1.29, 1.82) is 0 Å². The lowest BCUT2D eigenvalue weighted by Crippen LogP contribution is -2.37. The fourth-order valence-corrected chi connectivity index (χ4v) is 3.60. The molecule has 3 rings (SSSR count). The Bertz CT molecular complexity index is 751. The van der Waals surface area contributed by atoms with E-state index >= 15 is 0 Å². The first-order valence-electron chi connectivity index (χ1n) is 9.00. The Morgan fingerprint density at radius 2 is 1.96 bits per heavy atom. The van der Waals surface area contributed by atoms with Gasteiger partial charge < -0.3 is 9.88 Å². The van der Waals surface area contributed by atoms with Crippen molar-refractivity contribution in [3.63, 3.8) is 0 Å².